The zero-order valence-corrected chi connectivity index (χ0v) is 12.6. The van der Waals surface area contributed by atoms with Crippen molar-refractivity contribution < 1.29 is 4.79 Å². The number of hydrogen-bond donors (Lipinski definition) is 1. The summed E-state index contributed by atoms with van der Waals surface area (Å²) in [5, 5.41) is 3.45. The number of rotatable bonds is 2. The first-order valence-electron chi connectivity index (χ1n) is 7.76. The van der Waals surface area contributed by atoms with E-state index >= 15 is 0 Å². The fourth-order valence-corrected chi connectivity index (χ4v) is 3.76. The average molecular weight is 287 g/mol. The van der Waals surface area contributed by atoms with Gasteiger partial charge in [-0.05, 0) is 62.9 Å². The summed E-state index contributed by atoms with van der Waals surface area (Å²) in [7, 11) is 0. The van der Waals surface area contributed by atoms with Crippen molar-refractivity contribution in [1.82, 2.24) is 10.2 Å². The molecule has 0 aromatic carbocycles. The zero-order chi connectivity index (χ0) is 12.4. The lowest BCUT2D eigenvalue weighted by Crippen LogP contribution is -2.47. The molecule has 0 bridgehead atoms. The van der Waals surface area contributed by atoms with Crippen LogP contribution in [0.25, 0.3) is 0 Å². The van der Waals surface area contributed by atoms with Crippen LogP contribution in [0.2, 0.25) is 0 Å². The van der Waals surface area contributed by atoms with Gasteiger partial charge >= 0.3 is 0 Å². The Kier molecular flexibility index (Phi) is 5.13. The fourth-order valence-electron chi connectivity index (χ4n) is 3.76. The third-order valence-electron chi connectivity index (χ3n) is 5.53. The molecule has 1 spiro atoms. The van der Waals surface area contributed by atoms with Crippen LogP contribution in [-0.2, 0) is 4.79 Å². The summed E-state index contributed by atoms with van der Waals surface area (Å²) in [4.78, 5) is 14.3. The van der Waals surface area contributed by atoms with Gasteiger partial charge in [-0.2, -0.15) is 0 Å². The number of carbonyl (C=O) groups excluding carboxylic acids is 1. The Labute approximate surface area is 122 Å². The lowest BCUT2D eigenvalue weighted by atomic mass is 9.71. The van der Waals surface area contributed by atoms with Crippen LogP contribution in [0.5, 0.6) is 0 Å². The van der Waals surface area contributed by atoms with Crippen molar-refractivity contribution in [1.29, 1.82) is 0 Å². The van der Waals surface area contributed by atoms with E-state index in [0.29, 0.717) is 17.2 Å². The van der Waals surface area contributed by atoms with Crippen LogP contribution in [0.3, 0.4) is 0 Å². The molecule has 1 N–H and O–H groups in total. The minimum absolute atomic E-state index is 0. The van der Waals surface area contributed by atoms with Gasteiger partial charge in [0.15, 0.2) is 0 Å². The number of piperidine rings is 2. The van der Waals surface area contributed by atoms with Crippen LogP contribution < -0.4 is 5.32 Å². The maximum Gasteiger partial charge on any atom is 0.222 e. The molecule has 0 aromatic rings. The smallest absolute Gasteiger partial charge is 0.222 e. The van der Waals surface area contributed by atoms with Crippen molar-refractivity contribution >= 4 is 18.3 Å². The van der Waals surface area contributed by atoms with Crippen LogP contribution in [-0.4, -0.2) is 37.0 Å². The molecule has 2 heterocycles. The van der Waals surface area contributed by atoms with Gasteiger partial charge in [0.1, 0.15) is 0 Å². The second-order valence-corrected chi connectivity index (χ2v) is 6.63. The van der Waals surface area contributed by atoms with E-state index in [-0.39, 0.29) is 12.4 Å². The van der Waals surface area contributed by atoms with E-state index in [0.717, 1.165) is 19.5 Å². The Morgan fingerprint density at radius 3 is 2.26 bits per heavy atom. The van der Waals surface area contributed by atoms with Gasteiger partial charge in [0.2, 0.25) is 5.91 Å². The van der Waals surface area contributed by atoms with Gasteiger partial charge in [-0.15, -0.1) is 12.4 Å². The predicted octanol–water partition coefficient (Wildman–Crippen LogP) is 2.59. The normalized spacial score (nSPS) is 26.6. The molecule has 1 amide bonds. The first kappa shape index (κ1) is 15.1. The molecule has 0 atom stereocenters. The molecule has 2 aliphatic heterocycles. The van der Waals surface area contributed by atoms with Gasteiger partial charge in [0.05, 0.1) is 0 Å². The third-order valence-corrected chi connectivity index (χ3v) is 5.53. The quantitative estimate of drug-likeness (QED) is 0.846. The summed E-state index contributed by atoms with van der Waals surface area (Å²) >= 11 is 0. The number of nitrogens with zero attached hydrogens (tertiary/aromatic N) is 1. The summed E-state index contributed by atoms with van der Waals surface area (Å²) in [6, 6.07) is 0. The van der Waals surface area contributed by atoms with Crippen molar-refractivity contribution in [3.63, 3.8) is 0 Å². The molecule has 1 saturated carbocycles. The first-order chi connectivity index (χ1) is 8.77. The fraction of sp³-hybridized carbons (Fsp3) is 0.933. The minimum atomic E-state index is 0. The number of amides is 1. The molecule has 19 heavy (non-hydrogen) atoms. The highest BCUT2D eigenvalue weighted by molar-refractivity contribution is 5.85. The first-order valence-corrected chi connectivity index (χ1v) is 7.76. The molecular weight excluding hydrogens is 260 g/mol. The number of carbonyl (C=O) groups is 1. The summed E-state index contributed by atoms with van der Waals surface area (Å²) in [6.45, 7) is 4.39. The van der Waals surface area contributed by atoms with E-state index in [1.54, 1.807) is 0 Å². The van der Waals surface area contributed by atoms with E-state index in [1.807, 2.05) is 0 Å². The molecule has 3 rings (SSSR count). The zero-order valence-electron chi connectivity index (χ0n) is 11.8. The molecule has 3 aliphatic rings. The Balaban J connectivity index is 0.00000133. The molecule has 0 radical (unpaired) electrons. The summed E-state index contributed by atoms with van der Waals surface area (Å²) in [5.41, 5.74) is 0.568. The SMILES string of the molecule is Cl.O=C(CC1CCC1)N1CCC2(CCNCC2)CC1. The van der Waals surface area contributed by atoms with Gasteiger partial charge in [-0.3, -0.25) is 4.79 Å². The van der Waals surface area contributed by atoms with Crippen molar-refractivity contribution in [2.75, 3.05) is 26.2 Å². The summed E-state index contributed by atoms with van der Waals surface area (Å²) in [5.74, 6) is 1.15. The number of hydrogen-bond acceptors (Lipinski definition) is 2. The lowest BCUT2D eigenvalue weighted by Gasteiger charge is -2.44. The molecule has 4 heteroatoms. The molecule has 0 unspecified atom stereocenters. The van der Waals surface area contributed by atoms with Crippen LogP contribution in [0, 0.1) is 11.3 Å². The van der Waals surface area contributed by atoms with Crippen molar-refractivity contribution in [2.45, 2.75) is 51.4 Å². The second-order valence-electron chi connectivity index (χ2n) is 6.63. The van der Waals surface area contributed by atoms with Gasteiger partial charge in [-0.25, -0.2) is 0 Å². The molecule has 0 aromatic heterocycles. The van der Waals surface area contributed by atoms with Crippen molar-refractivity contribution in [3.05, 3.63) is 0 Å². The Hall–Kier alpha value is -0.280. The molecule has 3 fully saturated rings. The Morgan fingerprint density at radius 1 is 1.11 bits per heavy atom. The lowest BCUT2D eigenvalue weighted by molar-refractivity contribution is -0.135. The number of likely N-dealkylation sites (tertiary alicyclic amines) is 1. The van der Waals surface area contributed by atoms with Crippen LogP contribution >= 0.6 is 12.4 Å². The van der Waals surface area contributed by atoms with Gasteiger partial charge in [-0.1, -0.05) is 6.42 Å². The Bertz CT molecular complexity index is 301. The highest BCUT2D eigenvalue weighted by Gasteiger charge is 2.37. The third kappa shape index (κ3) is 3.43. The van der Waals surface area contributed by atoms with Crippen LogP contribution in [0.1, 0.15) is 51.4 Å². The molecule has 3 nitrogen and oxygen atoms in total. The Morgan fingerprint density at radius 2 is 1.74 bits per heavy atom. The van der Waals surface area contributed by atoms with Gasteiger partial charge in [0.25, 0.3) is 0 Å². The standard InChI is InChI=1S/C15H26N2O.ClH/c18-14(12-13-2-1-3-13)17-10-6-15(7-11-17)4-8-16-9-5-15;/h13,16H,1-12H2;1H. The monoisotopic (exact) mass is 286 g/mol. The van der Waals surface area contributed by atoms with Crippen LogP contribution in [0.4, 0.5) is 0 Å². The minimum Gasteiger partial charge on any atom is -0.343 e. The van der Waals surface area contributed by atoms with E-state index in [1.165, 1.54) is 58.0 Å². The molecule has 2 saturated heterocycles. The highest BCUT2D eigenvalue weighted by Crippen LogP contribution is 2.40. The highest BCUT2D eigenvalue weighted by atomic mass is 35.5. The molecule has 110 valence electrons. The van der Waals surface area contributed by atoms with E-state index < -0.39 is 0 Å². The maximum atomic E-state index is 12.2. The summed E-state index contributed by atoms with van der Waals surface area (Å²) < 4.78 is 0. The molecular formula is C15H27ClN2O. The number of nitrogens with one attached hydrogen (secondary N) is 1. The second kappa shape index (κ2) is 6.45. The van der Waals surface area contributed by atoms with Crippen LogP contribution in [0.15, 0.2) is 0 Å². The van der Waals surface area contributed by atoms with Gasteiger partial charge in [0, 0.05) is 19.5 Å². The number of halogens is 1. The topological polar surface area (TPSA) is 32.3 Å². The predicted molar refractivity (Wildman–Crippen MR) is 79.6 cm³/mol. The molecule has 1 aliphatic carbocycles. The largest absolute Gasteiger partial charge is 0.343 e. The van der Waals surface area contributed by atoms with E-state index in [9.17, 15) is 4.79 Å². The summed E-state index contributed by atoms with van der Waals surface area (Å²) in [6.07, 6.45) is 9.86. The maximum absolute atomic E-state index is 12.2. The van der Waals surface area contributed by atoms with Gasteiger partial charge < -0.3 is 10.2 Å². The van der Waals surface area contributed by atoms with E-state index in [4.69, 9.17) is 0 Å². The average Bonchev–Trinajstić information content (AvgIpc) is 2.35. The van der Waals surface area contributed by atoms with Crippen molar-refractivity contribution in [3.8, 4) is 0 Å². The van der Waals surface area contributed by atoms with Crippen molar-refractivity contribution in [2.24, 2.45) is 11.3 Å². The van der Waals surface area contributed by atoms with E-state index in [2.05, 4.69) is 10.2 Å².